The van der Waals surface area contributed by atoms with Crippen molar-refractivity contribution < 1.29 is 13.4 Å². The Kier molecular flexibility index (Phi) is 6.29. The summed E-state index contributed by atoms with van der Waals surface area (Å²) in [6, 6.07) is 4.08. The number of nitrogens with zero attached hydrogens (tertiary/aromatic N) is 2. The number of rotatable bonds is 3. The van der Waals surface area contributed by atoms with Gasteiger partial charge in [0.1, 0.15) is 22.5 Å². The SMILES string of the molecule is Cn1cc2c(c1C(=O)Nc1ccc(F)c(Cl)c1)CCCCC2=NS(=O)C(C)(C)C. The van der Waals surface area contributed by atoms with Crippen LogP contribution >= 0.6 is 11.6 Å². The number of benzene rings is 1. The van der Waals surface area contributed by atoms with Gasteiger partial charge in [0.15, 0.2) is 0 Å². The number of halogens is 2. The molecule has 0 bridgehead atoms. The van der Waals surface area contributed by atoms with Crippen LogP contribution in [0.5, 0.6) is 0 Å². The van der Waals surface area contributed by atoms with Crippen molar-refractivity contribution in [2.24, 2.45) is 11.4 Å². The van der Waals surface area contributed by atoms with Gasteiger partial charge in [0.05, 0.1) is 15.5 Å². The van der Waals surface area contributed by atoms with E-state index in [-0.39, 0.29) is 10.9 Å². The lowest BCUT2D eigenvalue weighted by atomic mass is 10.0. The van der Waals surface area contributed by atoms with Gasteiger partial charge in [-0.3, -0.25) is 4.79 Å². The number of carbonyl (C=O) groups excluding carboxylic acids is 1. The van der Waals surface area contributed by atoms with E-state index in [1.165, 1.54) is 18.2 Å². The first-order valence-corrected chi connectivity index (χ1v) is 11.0. The maximum Gasteiger partial charge on any atom is 0.272 e. The third-order valence-corrected chi connectivity index (χ3v) is 6.52. The standard InChI is InChI=1S/C21H25ClFN3O2S/c1-21(2,3)29(28)25-18-8-6-5-7-14-15(18)12-26(4)19(14)20(27)24-13-9-10-17(23)16(22)11-13/h9-12H,5-8H2,1-4H3,(H,24,27). The molecule has 0 radical (unpaired) electrons. The number of aryl methyl sites for hydroxylation is 1. The van der Waals surface area contributed by atoms with E-state index >= 15 is 0 Å². The van der Waals surface area contributed by atoms with Crippen molar-refractivity contribution in [2.75, 3.05) is 5.32 Å². The maximum absolute atomic E-state index is 13.4. The van der Waals surface area contributed by atoms with Crippen molar-refractivity contribution in [2.45, 2.75) is 51.2 Å². The topological polar surface area (TPSA) is 63.5 Å². The number of amides is 1. The van der Waals surface area contributed by atoms with Crippen LogP contribution in [0.2, 0.25) is 5.02 Å². The monoisotopic (exact) mass is 437 g/mol. The van der Waals surface area contributed by atoms with E-state index in [9.17, 15) is 13.4 Å². The van der Waals surface area contributed by atoms with E-state index in [0.29, 0.717) is 11.4 Å². The fourth-order valence-corrected chi connectivity index (χ4v) is 4.14. The smallest absolute Gasteiger partial charge is 0.272 e. The van der Waals surface area contributed by atoms with Crippen molar-refractivity contribution >= 4 is 39.9 Å². The second-order valence-corrected chi connectivity index (χ2v) is 10.5. The highest BCUT2D eigenvalue weighted by Crippen LogP contribution is 2.28. The van der Waals surface area contributed by atoms with Crippen LogP contribution in [0.25, 0.3) is 0 Å². The molecule has 156 valence electrons. The van der Waals surface area contributed by atoms with Gasteiger partial charge in [0.2, 0.25) is 0 Å². The van der Waals surface area contributed by atoms with Gasteiger partial charge >= 0.3 is 0 Å². The third-order valence-electron chi connectivity index (χ3n) is 4.80. The molecule has 3 rings (SSSR count). The lowest BCUT2D eigenvalue weighted by Crippen LogP contribution is -2.21. The Morgan fingerprint density at radius 2 is 1.97 bits per heavy atom. The number of aromatic nitrogens is 1. The molecule has 29 heavy (non-hydrogen) atoms. The normalized spacial score (nSPS) is 17.0. The molecule has 0 spiro atoms. The first-order chi connectivity index (χ1) is 13.6. The van der Waals surface area contributed by atoms with Crippen LogP contribution in [0, 0.1) is 5.82 Å². The quantitative estimate of drug-likeness (QED) is 0.683. The lowest BCUT2D eigenvalue weighted by Gasteiger charge is -2.14. The minimum atomic E-state index is -1.37. The number of hydrogen-bond donors (Lipinski definition) is 1. The molecule has 1 aliphatic rings. The summed E-state index contributed by atoms with van der Waals surface area (Å²) >= 11 is 5.82. The lowest BCUT2D eigenvalue weighted by molar-refractivity contribution is 0.101. The van der Waals surface area contributed by atoms with Gasteiger partial charge in [-0.1, -0.05) is 11.6 Å². The Balaban J connectivity index is 1.98. The molecule has 8 heteroatoms. The molecule has 1 aliphatic carbocycles. The first kappa shape index (κ1) is 21.7. The van der Waals surface area contributed by atoms with Gasteiger partial charge in [-0.25, -0.2) is 8.60 Å². The maximum atomic E-state index is 13.4. The van der Waals surface area contributed by atoms with Crippen molar-refractivity contribution in [1.82, 2.24) is 4.57 Å². The Morgan fingerprint density at radius 3 is 2.62 bits per heavy atom. The average molecular weight is 438 g/mol. The fourth-order valence-electron chi connectivity index (χ4n) is 3.30. The second kappa shape index (κ2) is 8.40. The Hall–Kier alpha value is -1.99. The molecule has 1 aromatic heterocycles. The largest absolute Gasteiger partial charge is 0.346 e. The van der Waals surface area contributed by atoms with Crippen molar-refractivity contribution in [1.29, 1.82) is 0 Å². The van der Waals surface area contributed by atoms with E-state index in [4.69, 9.17) is 11.6 Å². The summed E-state index contributed by atoms with van der Waals surface area (Å²) in [5.74, 6) is -0.834. The van der Waals surface area contributed by atoms with E-state index in [2.05, 4.69) is 9.71 Å². The summed E-state index contributed by atoms with van der Waals surface area (Å²) in [5, 5.41) is 2.74. The molecule has 0 saturated carbocycles. The van der Waals surface area contributed by atoms with E-state index < -0.39 is 21.5 Å². The van der Waals surface area contributed by atoms with Crippen molar-refractivity contribution in [3.05, 3.63) is 52.1 Å². The minimum Gasteiger partial charge on any atom is -0.346 e. The summed E-state index contributed by atoms with van der Waals surface area (Å²) in [5.41, 5.74) is 3.51. The van der Waals surface area contributed by atoms with Crippen LogP contribution in [0.15, 0.2) is 28.8 Å². The molecular weight excluding hydrogens is 413 g/mol. The van der Waals surface area contributed by atoms with Crippen molar-refractivity contribution in [3.63, 3.8) is 0 Å². The predicted octanol–water partition coefficient (Wildman–Crippen LogP) is 5.05. The average Bonchev–Trinajstić information content (AvgIpc) is 2.84. The Bertz CT molecular complexity index is 1010. The molecule has 1 amide bonds. The third kappa shape index (κ3) is 4.78. The summed E-state index contributed by atoms with van der Waals surface area (Å²) in [6.45, 7) is 5.67. The van der Waals surface area contributed by atoms with E-state index in [0.717, 1.165) is 42.5 Å². The van der Waals surface area contributed by atoms with Crippen molar-refractivity contribution in [3.8, 4) is 0 Å². The zero-order chi connectivity index (χ0) is 21.3. The fraction of sp³-hybridized carbons (Fsp3) is 0.429. The minimum absolute atomic E-state index is 0.0485. The second-order valence-electron chi connectivity index (χ2n) is 8.17. The molecule has 1 N–H and O–H groups in total. The van der Waals surface area contributed by atoms with Crippen LogP contribution in [0.3, 0.4) is 0 Å². The van der Waals surface area contributed by atoms with Crippen LogP contribution in [0.1, 0.15) is 61.6 Å². The predicted molar refractivity (Wildman–Crippen MR) is 117 cm³/mol. The van der Waals surface area contributed by atoms with Crippen LogP contribution in [-0.4, -0.2) is 25.1 Å². The Labute approximate surface area is 178 Å². The zero-order valence-electron chi connectivity index (χ0n) is 17.0. The highest BCUT2D eigenvalue weighted by atomic mass is 35.5. The van der Waals surface area contributed by atoms with Crippen LogP contribution in [0.4, 0.5) is 10.1 Å². The summed E-state index contributed by atoms with van der Waals surface area (Å²) in [4.78, 5) is 13.0. The molecule has 1 aromatic carbocycles. The molecule has 0 fully saturated rings. The molecule has 1 atom stereocenters. The van der Waals surface area contributed by atoms with Gasteiger partial charge in [-0.05, 0) is 70.2 Å². The first-order valence-electron chi connectivity index (χ1n) is 9.52. The zero-order valence-corrected chi connectivity index (χ0v) is 18.6. The molecule has 0 saturated heterocycles. The number of hydrogen-bond acceptors (Lipinski definition) is 2. The van der Waals surface area contributed by atoms with Gasteiger partial charge in [0, 0.05) is 24.5 Å². The number of nitrogens with one attached hydrogen (secondary N) is 1. The molecule has 0 aliphatic heterocycles. The van der Waals surface area contributed by atoms with Crippen LogP contribution < -0.4 is 5.32 Å². The Morgan fingerprint density at radius 1 is 1.28 bits per heavy atom. The van der Waals surface area contributed by atoms with Gasteiger partial charge < -0.3 is 9.88 Å². The molecule has 1 unspecified atom stereocenters. The van der Waals surface area contributed by atoms with Gasteiger partial charge in [-0.15, -0.1) is 0 Å². The summed E-state index contributed by atoms with van der Waals surface area (Å²) < 4.78 is 31.8. The highest BCUT2D eigenvalue weighted by Gasteiger charge is 2.27. The molecular formula is C21H25ClFN3O2S. The van der Waals surface area contributed by atoms with Gasteiger partial charge in [0.25, 0.3) is 5.91 Å². The molecule has 5 nitrogen and oxygen atoms in total. The van der Waals surface area contributed by atoms with E-state index in [1.54, 1.807) is 11.6 Å². The summed E-state index contributed by atoms with van der Waals surface area (Å²) in [7, 11) is 0.439. The number of carbonyl (C=O) groups is 1. The van der Waals surface area contributed by atoms with Gasteiger partial charge in [-0.2, -0.15) is 4.40 Å². The van der Waals surface area contributed by atoms with Crippen LogP contribution in [-0.2, 0) is 24.5 Å². The highest BCUT2D eigenvalue weighted by molar-refractivity contribution is 7.85. The van der Waals surface area contributed by atoms with E-state index in [1.807, 2.05) is 27.0 Å². The molecule has 1 heterocycles. The number of anilines is 1. The summed E-state index contributed by atoms with van der Waals surface area (Å²) in [6.07, 6.45) is 5.19. The molecule has 2 aromatic rings. The number of fused-ring (bicyclic) bond motifs is 1.